The zero-order chi connectivity index (χ0) is 27.6. The third-order valence-electron chi connectivity index (χ3n) is 8.51. The highest BCUT2D eigenvalue weighted by Gasteiger charge is 2.33. The maximum absolute atomic E-state index is 6.32. The van der Waals surface area contributed by atoms with E-state index in [1.807, 2.05) is 36.2 Å². The Morgan fingerprint density at radius 2 is 1.48 bits per heavy atom. The van der Waals surface area contributed by atoms with Crippen LogP contribution >= 0.6 is 11.8 Å². The van der Waals surface area contributed by atoms with Gasteiger partial charge in [0, 0.05) is 33.2 Å². The normalized spacial score (nSPS) is 17.2. The Bertz CT molecular complexity index is 2260. The van der Waals surface area contributed by atoms with Crippen LogP contribution in [-0.4, -0.2) is 15.2 Å². The molecule has 1 aliphatic heterocycles. The summed E-state index contributed by atoms with van der Waals surface area (Å²) in [5.41, 5.74) is 9.87. The number of hydrogen-bond acceptors (Lipinski definition) is 4. The van der Waals surface area contributed by atoms with Crippen LogP contribution in [0.15, 0.2) is 143 Å². The summed E-state index contributed by atoms with van der Waals surface area (Å²) in [4.78, 5) is 10.6. The zero-order valence-electron chi connectivity index (χ0n) is 22.6. The molecule has 2 aliphatic rings. The van der Waals surface area contributed by atoms with E-state index in [1.54, 1.807) is 0 Å². The third kappa shape index (κ3) is 3.69. The minimum absolute atomic E-state index is 0.449. The SMILES string of the molecule is C1=CC2Sc3c(-c4ccc(-c5ccc6nc(-c7ccc8ncccc8c7)oc6c5)c5ccccc45)cccc3C2C=C1. The van der Waals surface area contributed by atoms with E-state index in [4.69, 9.17) is 9.40 Å². The molecule has 0 fully saturated rings. The Hall–Kier alpha value is -4.93. The molecule has 0 radical (unpaired) electrons. The first kappa shape index (κ1) is 23.7. The van der Waals surface area contributed by atoms with Gasteiger partial charge >= 0.3 is 0 Å². The van der Waals surface area contributed by atoms with Crippen LogP contribution in [0.25, 0.3) is 66.5 Å². The molecule has 5 aromatic carbocycles. The van der Waals surface area contributed by atoms with Crippen LogP contribution in [0.3, 0.4) is 0 Å². The lowest BCUT2D eigenvalue weighted by Gasteiger charge is -2.15. The van der Waals surface area contributed by atoms with Gasteiger partial charge in [0.2, 0.25) is 5.89 Å². The number of nitrogens with zero attached hydrogens (tertiary/aromatic N) is 2. The smallest absolute Gasteiger partial charge is 0.227 e. The molecule has 7 aromatic rings. The van der Waals surface area contributed by atoms with E-state index in [0.717, 1.165) is 33.1 Å². The van der Waals surface area contributed by atoms with Crippen LogP contribution < -0.4 is 0 Å². The van der Waals surface area contributed by atoms with Crippen LogP contribution in [0.2, 0.25) is 0 Å². The highest BCUT2D eigenvalue weighted by atomic mass is 32.2. The predicted molar refractivity (Wildman–Crippen MR) is 174 cm³/mol. The fourth-order valence-corrected chi connectivity index (χ4v) is 7.96. The summed E-state index contributed by atoms with van der Waals surface area (Å²) in [5.74, 6) is 1.07. The topological polar surface area (TPSA) is 38.9 Å². The molecule has 0 N–H and O–H groups in total. The van der Waals surface area contributed by atoms with Crippen molar-refractivity contribution in [3.63, 3.8) is 0 Å². The van der Waals surface area contributed by atoms with E-state index < -0.39 is 0 Å². The average Bonchev–Trinajstić information content (AvgIpc) is 3.65. The van der Waals surface area contributed by atoms with E-state index in [-0.39, 0.29) is 0 Å². The van der Waals surface area contributed by atoms with Crippen molar-refractivity contribution in [2.45, 2.75) is 16.1 Å². The molecule has 1 aliphatic carbocycles. The maximum Gasteiger partial charge on any atom is 0.227 e. The second kappa shape index (κ2) is 9.30. The predicted octanol–water partition coefficient (Wildman–Crippen LogP) is 10.2. The molecule has 9 rings (SSSR count). The van der Waals surface area contributed by atoms with Crippen LogP contribution in [-0.2, 0) is 0 Å². The quantitative estimate of drug-likeness (QED) is 0.217. The first-order chi connectivity index (χ1) is 20.8. The second-order valence-corrected chi connectivity index (χ2v) is 12.1. The first-order valence-corrected chi connectivity index (χ1v) is 15.1. The van der Waals surface area contributed by atoms with Gasteiger partial charge in [0.1, 0.15) is 5.52 Å². The number of pyridine rings is 1. The molecule has 2 atom stereocenters. The van der Waals surface area contributed by atoms with E-state index in [1.165, 1.54) is 37.9 Å². The van der Waals surface area contributed by atoms with Gasteiger partial charge in [0.15, 0.2) is 5.58 Å². The molecular weight excluding hydrogens is 532 g/mol. The molecule has 3 heterocycles. The molecule has 198 valence electrons. The van der Waals surface area contributed by atoms with E-state index in [9.17, 15) is 0 Å². The van der Waals surface area contributed by atoms with Crippen LogP contribution in [0, 0.1) is 0 Å². The van der Waals surface area contributed by atoms with Crippen LogP contribution in [0.5, 0.6) is 0 Å². The third-order valence-corrected chi connectivity index (χ3v) is 9.92. The minimum Gasteiger partial charge on any atom is -0.436 e. The van der Waals surface area contributed by atoms with Crippen molar-refractivity contribution in [3.05, 3.63) is 139 Å². The van der Waals surface area contributed by atoms with Crippen molar-refractivity contribution < 1.29 is 4.42 Å². The lowest BCUT2D eigenvalue weighted by atomic mass is 9.88. The van der Waals surface area contributed by atoms with Crippen molar-refractivity contribution in [1.29, 1.82) is 0 Å². The van der Waals surface area contributed by atoms with Crippen LogP contribution in [0.4, 0.5) is 0 Å². The molecule has 42 heavy (non-hydrogen) atoms. The lowest BCUT2D eigenvalue weighted by molar-refractivity contribution is 0.620. The number of benzene rings is 5. The monoisotopic (exact) mass is 556 g/mol. The lowest BCUT2D eigenvalue weighted by Crippen LogP contribution is -2.06. The fourth-order valence-electron chi connectivity index (χ4n) is 6.49. The molecule has 2 aromatic heterocycles. The second-order valence-electron chi connectivity index (χ2n) is 10.9. The number of oxazole rings is 1. The Labute approximate surface area is 247 Å². The summed E-state index contributed by atoms with van der Waals surface area (Å²) in [7, 11) is 0. The molecule has 0 saturated heterocycles. The van der Waals surface area contributed by atoms with Crippen molar-refractivity contribution in [1.82, 2.24) is 9.97 Å². The van der Waals surface area contributed by atoms with Gasteiger partial charge in [-0.05, 0) is 75.0 Å². The van der Waals surface area contributed by atoms with Gasteiger partial charge in [-0.2, -0.15) is 0 Å². The van der Waals surface area contributed by atoms with Gasteiger partial charge in [-0.25, -0.2) is 4.98 Å². The molecule has 3 nitrogen and oxygen atoms in total. The van der Waals surface area contributed by atoms with Gasteiger partial charge in [-0.15, -0.1) is 11.8 Å². The highest BCUT2D eigenvalue weighted by molar-refractivity contribution is 8.00. The molecular formula is C38H24N2OS. The molecule has 4 heteroatoms. The molecule has 0 bridgehead atoms. The van der Waals surface area contributed by atoms with Gasteiger partial charge in [-0.3, -0.25) is 4.98 Å². The molecule has 0 spiro atoms. The van der Waals surface area contributed by atoms with Crippen molar-refractivity contribution >= 4 is 44.5 Å². The van der Waals surface area contributed by atoms with Crippen molar-refractivity contribution in [2.75, 3.05) is 0 Å². The number of allylic oxidation sites excluding steroid dienone is 3. The molecule has 0 saturated carbocycles. The Kier molecular flexibility index (Phi) is 5.26. The number of rotatable bonds is 3. The Morgan fingerprint density at radius 3 is 2.43 bits per heavy atom. The number of hydrogen-bond donors (Lipinski definition) is 0. The first-order valence-electron chi connectivity index (χ1n) is 14.2. The summed E-state index contributed by atoms with van der Waals surface area (Å²) in [5, 5.41) is 4.03. The van der Waals surface area contributed by atoms with Crippen LogP contribution in [0.1, 0.15) is 11.5 Å². The number of fused-ring (bicyclic) bond motifs is 6. The minimum atomic E-state index is 0.449. The summed E-state index contributed by atoms with van der Waals surface area (Å²) in [6.45, 7) is 0. The highest BCUT2D eigenvalue weighted by Crippen LogP contribution is 2.52. The van der Waals surface area contributed by atoms with Gasteiger partial charge < -0.3 is 4.42 Å². The van der Waals surface area contributed by atoms with E-state index >= 15 is 0 Å². The summed E-state index contributed by atoms with van der Waals surface area (Å²) >= 11 is 1.99. The summed E-state index contributed by atoms with van der Waals surface area (Å²) in [6, 6.07) is 36.6. The standard InChI is InChI=1S/C38H24N2OS/c1-2-9-28-27(8-1)26(16-17-29(28)31-11-5-12-32-30-10-3-4-13-36(30)42-37(31)32)23-14-19-34-35(22-23)41-38(40-34)25-15-18-33-24(21-25)7-6-20-39-33/h1-22,30,36H. The van der Waals surface area contributed by atoms with Gasteiger partial charge in [0.05, 0.1) is 5.52 Å². The molecule has 2 unspecified atom stereocenters. The van der Waals surface area contributed by atoms with E-state index in [0.29, 0.717) is 17.1 Å². The van der Waals surface area contributed by atoms with Gasteiger partial charge in [0.25, 0.3) is 0 Å². The average molecular weight is 557 g/mol. The van der Waals surface area contributed by atoms with E-state index in [2.05, 4.69) is 114 Å². The number of aromatic nitrogens is 2. The number of thioether (sulfide) groups is 1. The summed E-state index contributed by atoms with van der Waals surface area (Å²) in [6.07, 6.45) is 10.9. The van der Waals surface area contributed by atoms with Gasteiger partial charge in [-0.1, -0.05) is 91.0 Å². The summed E-state index contributed by atoms with van der Waals surface area (Å²) < 4.78 is 6.32. The molecule has 0 amide bonds. The van der Waals surface area contributed by atoms with Crippen molar-refractivity contribution in [2.24, 2.45) is 0 Å². The fraction of sp³-hybridized carbons (Fsp3) is 0.0526. The Balaban J connectivity index is 1.15. The van der Waals surface area contributed by atoms with Crippen molar-refractivity contribution in [3.8, 4) is 33.7 Å². The maximum atomic E-state index is 6.32. The Morgan fingerprint density at radius 1 is 0.643 bits per heavy atom. The largest absolute Gasteiger partial charge is 0.436 e. The zero-order valence-corrected chi connectivity index (χ0v) is 23.4.